The highest BCUT2D eigenvalue weighted by atomic mass is 19.1. The minimum atomic E-state index is -0.272. The van der Waals surface area contributed by atoms with Gasteiger partial charge in [-0.05, 0) is 99.0 Å². The molecule has 3 heterocycles. The van der Waals surface area contributed by atoms with Gasteiger partial charge in [-0.15, -0.1) is 0 Å². The third-order valence-corrected chi connectivity index (χ3v) is 7.70. The molecule has 6 heteroatoms. The van der Waals surface area contributed by atoms with Gasteiger partial charge in [0.05, 0.1) is 22.4 Å². The highest BCUT2D eigenvalue weighted by Gasteiger charge is 2.17. The number of ether oxygens (including phenoxy) is 1. The smallest absolute Gasteiger partial charge is 0.137 e. The fraction of sp³-hybridized carbons (Fsp3) is 0.111. The van der Waals surface area contributed by atoms with Crippen molar-refractivity contribution >= 4 is 21.8 Å². The van der Waals surface area contributed by atoms with Gasteiger partial charge in [-0.2, -0.15) is 5.10 Å². The first kappa shape index (κ1) is 25.7. The van der Waals surface area contributed by atoms with Gasteiger partial charge < -0.3 is 4.74 Å². The summed E-state index contributed by atoms with van der Waals surface area (Å²) in [6.07, 6.45) is 1.79. The Morgan fingerprint density at radius 3 is 2.33 bits per heavy atom. The summed E-state index contributed by atoms with van der Waals surface area (Å²) in [5.41, 5.74) is 9.20. The fourth-order valence-electron chi connectivity index (χ4n) is 5.89. The zero-order chi connectivity index (χ0) is 29.0. The number of aromatic nitrogens is 4. The summed E-state index contributed by atoms with van der Waals surface area (Å²) in [5, 5.41) is 6.65. The molecule has 4 aromatic carbocycles. The van der Waals surface area contributed by atoms with Crippen molar-refractivity contribution < 1.29 is 9.13 Å². The van der Waals surface area contributed by atoms with E-state index in [0.717, 1.165) is 67.0 Å². The summed E-state index contributed by atoms with van der Waals surface area (Å²) in [5.74, 6) is 1.89. The number of fused-ring (bicyclic) bond motifs is 3. The second-order valence-electron chi connectivity index (χ2n) is 10.8. The van der Waals surface area contributed by atoms with Crippen LogP contribution in [0.5, 0.6) is 11.5 Å². The summed E-state index contributed by atoms with van der Waals surface area (Å²) < 4.78 is 24.8. The molecule has 7 aromatic rings. The quantitative estimate of drug-likeness (QED) is 0.214. The van der Waals surface area contributed by atoms with E-state index in [4.69, 9.17) is 9.84 Å². The molecule has 0 radical (unpaired) electrons. The van der Waals surface area contributed by atoms with Crippen molar-refractivity contribution in [2.45, 2.75) is 27.7 Å². The van der Waals surface area contributed by atoms with Gasteiger partial charge in [0, 0.05) is 40.4 Å². The van der Waals surface area contributed by atoms with Gasteiger partial charge in [0.25, 0.3) is 0 Å². The molecule has 0 N–H and O–H groups in total. The van der Waals surface area contributed by atoms with Crippen molar-refractivity contribution in [1.82, 2.24) is 19.3 Å². The average Bonchev–Trinajstić information content (AvgIpc) is 3.45. The van der Waals surface area contributed by atoms with Crippen LogP contribution in [-0.4, -0.2) is 19.3 Å². The number of hydrogen-bond donors (Lipinski definition) is 0. The Morgan fingerprint density at radius 2 is 1.52 bits per heavy atom. The van der Waals surface area contributed by atoms with Crippen molar-refractivity contribution in [3.63, 3.8) is 0 Å². The lowest BCUT2D eigenvalue weighted by Gasteiger charge is -2.12. The average molecular weight is 553 g/mol. The Balaban J connectivity index is 1.32. The molecule has 3 aromatic heterocycles. The first-order chi connectivity index (χ1) is 20.4. The molecule has 0 bridgehead atoms. The molecule has 0 saturated carbocycles. The predicted octanol–water partition coefficient (Wildman–Crippen LogP) is 9.20. The molecule has 0 amide bonds. The lowest BCUT2D eigenvalue weighted by molar-refractivity contribution is 0.482. The van der Waals surface area contributed by atoms with Crippen LogP contribution < -0.4 is 4.74 Å². The molecule has 5 nitrogen and oxygen atoms in total. The molecule has 0 spiro atoms. The molecule has 0 atom stereocenters. The van der Waals surface area contributed by atoms with Gasteiger partial charge in [-0.3, -0.25) is 4.57 Å². The second kappa shape index (κ2) is 10.00. The molecule has 0 aliphatic carbocycles. The summed E-state index contributed by atoms with van der Waals surface area (Å²) >= 11 is 0. The lowest BCUT2D eigenvalue weighted by Crippen LogP contribution is -2.00. The van der Waals surface area contributed by atoms with Gasteiger partial charge >= 0.3 is 0 Å². The van der Waals surface area contributed by atoms with E-state index < -0.39 is 0 Å². The first-order valence-corrected chi connectivity index (χ1v) is 13.9. The van der Waals surface area contributed by atoms with Crippen LogP contribution in [0.15, 0.2) is 103 Å². The summed E-state index contributed by atoms with van der Waals surface area (Å²) in [6, 6.07) is 31.3. The van der Waals surface area contributed by atoms with Crippen LogP contribution in [0.3, 0.4) is 0 Å². The van der Waals surface area contributed by atoms with Crippen LogP contribution in [0, 0.1) is 33.5 Å². The molecule has 7 rings (SSSR count). The molecule has 0 aliphatic heterocycles. The van der Waals surface area contributed by atoms with Gasteiger partial charge in [-0.25, -0.2) is 14.1 Å². The largest absolute Gasteiger partial charge is 0.457 e. The van der Waals surface area contributed by atoms with Crippen LogP contribution >= 0.6 is 0 Å². The van der Waals surface area contributed by atoms with Crippen LogP contribution in [0.1, 0.15) is 22.5 Å². The topological polar surface area (TPSA) is 44.9 Å². The van der Waals surface area contributed by atoms with Crippen molar-refractivity contribution in [1.29, 1.82) is 0 Å². The standard InChI is InChI=1S/C36H29FN4O/c1-22-14-15-38-35(18-22)40-33-13-10-27(37)19-32(33)31-12-11-29(21-34(31)40)42-30-17-23(2)16-28(20-30)41-25(4)36(24(3)39-41)26-8-6-5-7-9-26/h5-21H,1-4H3. The fourth-order valence-corrected chi connectivity index (χ4v) is 5.89. The molecular weight excluding hydrogens is 523 g/mol. The Hall–Kier alpha value is -5.23. The molecule has 0 unspecified atom stereocenters. The zero-order valence-corrected chi connectivity index (χ0v) is 23.9. The minimum Gasteiger partial charge on any atom is -0.457 e. The summed E-state index contributed by atoms with van der Waals surface area (Å²) in [6.45, 7) is 8.23. The normalized spacial score (nSPS) is 11.5. The van der Waals surface area contributed by atoms with E-state index in [1.807, 2.05) is 79.2 Å². The Labute approximate surface area is 243 Å². The Kier molecular flexibility index (Phi) is 6.12. The predicted molar refractivity (Wildman–Crippen MR) is 167 cm³/mol. The van der Waals surface area contributed by atoms with Crippen LogP contribution in [0.2, 0.25) is 0 Å². The molecule has 0 aliphatic rings. The van der Waals surface area contributed by atoms with E-state index in [1.54, 1.807) is 18.3 Å². The van der Waals surface area contributed by atoms with Gasteiger partial charge in [0.15, 0.2) is 0 Å². The van der Waals surface area contributed by atoms with Crippen molar-refractivity contribution in [3.05, 3.63) is 132 Å². The highest BCUT2D eigenvalue weighted by Crippen LogP contribution is 2.36. The van der Waals surface area contributed by atoms with E-state index in [1.165, 1.54) is 6.07 Å². The number of rotatable bonds is 5. The van der Waals surface area contributed by atoms with E-state index >= 15 is 0 Å². The first-order valence-electron chi connectivity index (χ1n) is 13.9. The van der Waals surface area contributed by atoms with E-state index in [-0.39, 0.29) is 5.82 Å². The van der Waals surface area contributed by atoms with Crippen LogP contribution in [0.4, 0.5) is 4.39 Å². The minimum absolute atomic E-state index is 0.272. The number of hydrogen-bond acceptors (Lipinski definition) is 3. The number of aryl methyl sites for hydroxylation is 3. The second-order valence-corrected chi connectivity index (χ2v) is 10.8. The maximum atomic E-state index is 14.3. The molecular formula is C36H29FN4O. The van der Waals surface area contributed by atoms with Gasteiger partial charge in [0.1, 0.15) is 23.1 Å². The van der Waals surface area contributed by atoms with Gasteiger partial charge in [0.2, 0.25) is 0 Å². The van der Waals surface area contributed by atoms with E-state index in [0.29, 0.717) is 11.5 Å². The van der Waals surface area contributed by atoms with Crippen LogP contribution in [0.25, 0.3) is 44.4 Å². The number of halogens is 1. The summed E-state index contributed by atoms with van der Waals surface area (Å²) in [7, 11) is 0. The van der Waals surface area contributed by atoms with E-state index in [2.05, 4.69) is 41.6 Å². The Bertz CT molecular complexity index is 2120. The SMILES string of the molecule is Cc1cc(Oc2ccc3c4cc(F)ccc4n(-c4cc(C)ccn4)c3c2)cc(-n2nc(C)c(-c3ccccc3)c2C)c1. The third-order valence-electron chi connectivity index (χ3n) is 7.70. The highest BCUT2D eigenvalue weighted by molar-refractivity contribution is 6.09. The molecule has 42 heavy (non-hydrogen) atoms. The molecule has 206 valence electrons. The molecule has 0 saturated heterocycles. The summed E-state index contributed by atoms with van der Waals surface area (Å²) in [4.78, 5) is 4.63. The van der Waals surface area contributed by atoms with E-state index in [9.17, 15) is 4.39 Å². The number of pyridine rings is 1. The zero-order valence-electron chi connectivity index (χ0n) is 23.9. The van der Waals surface area contributed by atoms with Crippen molar-refractivity contribution in [3.8, 4) is 34.1 Å². The lowest BCUT2D eigenvalue weighted by atomic mass is 10.0. The third kappa shape index (κ3) is 4.41. The Morgan fingerprint density at radius 1 is 0.690 bits per heavy atom. The number of nitrogens with zero attached hydrogens (tertiary/aromatic N) is 4. The van der Waals surface area contributed by atoms with Crippen molar-refractivity contribution in [2.24, 2.45) is 0 Å². The van der Waals surface area contributed by atoms with Gasteiger partial charge in [-0.1, -0.05) is 30.3 Å². The molecule has 0 fully saturated rings. The monoisotopic (exact) mass is 552 g/mol. The van der Waals surface area contributed by atoms with Crippen molar-refractivity contribution in [2.75, 3.05) is 0 Å². The maximum absolute atomic E-state index is 14.3. The number of benzene rings is 4. The maximum Gasteiger partial charge on any atom is 0.137 e. The van der Waals surface area contributed by atoms with Crippen LogP contribution in [-0.2, 0) is 0 Å².